The molecular weight excluding hydrogens is 350 g/mol. The summed E-state index contributed by atoms with van der Waals surface area (Å²) < 4.78 is 0. The standard InChI is InChI=1S/C28H21N/c1-29-27-12-10-21-19-8-4-2-6-17(19)14-23(21)25(27)16-26-24-15-18-7-3-5-9-20(18)22(24)11-13-28(26)29/h2-13H,14-16H2,1H3. The first-order chi connectivity index (χ1) is 14.3. The summed E-state index contributed by atoms with van der Waals surface area (Å²) in [5.41, 5.74) is 17.5. The van der Waals surface area contributed by atoms with Gasteiger partial charge in [0.05, 0.1) is 0 Å². The fourth-order valence-corrected chi connectivity index (χ4v) is 5.85. The van der Waals surface area contributed by atoms with Gasteiger partial charge < -0.3 is 4.90 Å². The number of rotatable bonds is 0. The maximum atomic E-state index is 2.42. The van der Waals surface area contributed by atoms with Gasteiger partial charge in [-0.2, -0.15) is 0 Å². The molecule has 7 rings (SSSR count). The van der Waals surface area contributed by atoms with Gasteiger partial charge in [0.2, 0.25) is 0 Å². The Labute approximate surface area is 171 Å². The highest BCUT2D eigenvalue weighted by Crippen LogP contribution is 2.50. The fourth-order valence-electron chi connectivity index (χ4n) is 5.85. The van der Waals surface area contributed by atoms with Crippen molar-refractivity contribution >= 4 is 11.4 Å². The van der Waals surface area contributed by atoms with Crippen LogP contribution in [-0.2, 0) is 19.3 Å². The Morgan fingerprint density at radius 3 is 1.48 bits per heavy atom. The van der Waals surface area contributed by atoms with Crippen LogP contribution in [0.3, 0.4) is 0 Å². The molecule has 3 aliphatic rings. The molecule has 0 radical (unpaired) electrons. The first-order valence-corrected chi connectivity index (χ1v) is 10.5. The van der Waals surface area contributed by atoms with Gasteiger partial charge in [0.1, 0.15) is 0 Å². The molecule has 2 aliphatic carbocycles. The molecule has 0 saturated carbocycles. The van der Waals surface area contributed by atoms with E-state index in [1.807, 2.05) is 0 Å². The van der Waals surface area contributed by atoms with E-state index in [1.165, 1.54) is 67.0 Å². The highest BCUT2D eigenvalue weighted by Gasteiger charge is 2.31. The molecule has 0 spiro atoms. The zero-order valence-electron chi connectivity index (χ0n) is 16.5. The molecule has 4 aromatic carbocycles. The second kappa shape index (κ2) is 5.39. The lowest BCUT2D eigenvalue weighted by Gasteiger charge is -2.33. The van der Waals surface area contributed by atoms with Gasteiger partial charge in [-0.3, -0.25) is 0 Å². The molecule has 1 heterocycles. The molecular formula is C28H21N. The van der Waals surface area contributed by atoms with Crippen LogP contribution in [0.15, 0.2) is 72.8 Å². The highest BCUT2D eigenvalue weighted by atomic mass is 15.1. The molecule has 0 aromatic heterocycles. The Bertz CT molecular complexity index is 1240. The minimum Gasteiger partial charge on any atom is -0.344 e. The second-order valence-corrected chi connectivity index (χ2v) is 8.58. The van der Waals surface area contributed by atoms with Crippen LogP contribution in [-0.4, -0.2) is 7.05 Å². The lowest BCUT2D eigenvalue weighted by molar-refractivity contribution is 1.01. The van der Waals surface area contributed by atoms with Gasteiger partial charge in [-0.15, -0.1) is 0 Å². The molecule has 0 atom stereocenters. The molecule has 1 nitrogen and oxygen atoms in total. The summed E-state index contributed by atoms with van der Waals surface area (Å²) in [5.74, 6) is 0. The third-order valence-electron chi connectivity index (χ3n) is 7.24. The van der Waals surface area contributed by atoms with E-state index < -0.39 is 0 Å². The van der Waals surface area contributed by atoms with Crippen molar-refractivity contribution in [2.24, 2.45) is 0 Å². The molecule has 1 heteroatoms. The summed E-state index contributed by atoms with van der Waals surface area (Å²) in [4.78, 5) is 2.42. The van der Waals surface area contributed by atoms with Crippen molar-refractivity contribution in [3.8, 4) is 22.3 Å². The van der Waals surface area contributed by atoms with Gasteiger partial charge in [0, 0.05) is 24.8 Å². The van der Waals surface area contributed by atoms with Crippen LogP contribution in [0.4, 0.5) is 11.4 Å². The molecule has 0 saturated heterocycles. The number of benzene rings is 4. The Hall–Kier alpha value is -3.32. The summed E-state index contributed by atoms with van der Waals surface area (Å²) >= 11 is 0. The third kappa shape index (κ3) is 1.95. The van der Waals surface area contributed by atoms with E-state index >= 15 is 0 Å². The minimum atomic E-state index is 1.04. The smallest absolute Gasteiger partial charge is 0.0447 e. The van der Waals surface area contributed by atoms with E-state index in [1.54, 1.807) is 0 Å². The SMILES string of the molecule is CN1c2ccc3c(c2Cc2c1ccc1c2Cc2ccccc2-1)Cc1ccccc1-3. The lowest BCUT2D eigenvalue weighted by atomic mass is 9.86. The molecule has 0 fully saturated rings. The maximum Gasteiger partial charge on any atom is 0.0447 e. The third-order valence-corrected chi connectivity index (χ3v) is 7.24. The molecule has 0 unspecified atom stereocenters. The van der Waals surface area contributed by atoms with Crippen molar-refractivity contribution in [3.63, 3.8) is 0 Å². The van der Waals surface area contributed by atoms with Crippen LogP contribution < -0.4 is 4.90 Å². The van der Waals surface area contributed by atoms with Crippen molar-refractivity contribution in [3.05, 3.63) is 106 Å². The Kier molecular flexibility index (Phi) is 2.90. The van der Waals surface area contributed by atoms with Crippen molar-refractivity contribution < 1.29 is 0 Å². The van der Waals surface area contributed by atoms with Crippen LogP contribution >= 0.6 is 0 Å². The number of hydrogen-bond donors (Lipinski definition) is 0. The van der Waals surface area contributed by atoms with Gasteiger partial charge in [-0.25, -0.2) is 0 Å². The summed E-state index contributed by atoms with van der Waals surface area (Å²) in [6.45, 7) is 0. The molecule has 0 N–H and O–H groups in total. The summed E-state index contributed by atoms with van der Waals surface area (Å²) in [7, 11) is 2.24. The predicted octanol–water partition coefficient (Wildman–Crippen LogP) is 6.50. The van der Waals surface area contributed by atoms with E-state index in [0.29, 0.717) is 0 Å². The van der Waals surface area contributed by atoms with E-state index in [0.717, 1.165) is 19.3 Å². The van der Waals surface area contributed by atoms with Gasteiger partial charge in [-0.1, -0.05) is 60.7 Å². The molecule has 29 heavy (non-hydrogen) atoms. The largest absolute Gasteiger partial charge is 0.344 e. The Morgan fingerprint density at radius 2 is 0.966 bits per heavy atom. The zero-order valence-corrected chi connectivity index (χ0v) is 16.5. The first-order valence-electron chi connectivity index (χ1n) is 10.5. The van der Waals surface area contributed by atoms with Gasteiger partial charge >= 0.3 is 0 Å². The summed E-state index contributed by atoms with van der Waals surface area (Å²) in [5, 5.41) is 0. The quantitative estimate of drug-likeness (QED) is 0.294. The number of hydrogen-bond acceptors (Lipinski definition) is 1. The average Bonchev–Trinajstić information content (AvgIpc) is 3.32. The summed E-state index contributed by atoms with van der Waals surface area (Å²) in [6.07, 6.45) is 3.17. The maximum absolute atomic E-state index is 2.42. The van der Waals surface area contributed by atoms with Crippen molar-refractivity contribution in [1.29, 1.82) is 0 Å². The van der Waals surface area contributed by atoms with Gasteiger partial charge in [-0.05, 0) is 80.6 Å². The topological polar surface area (TPSA) is 3.24 Å². The van der Waals surface area contributed by atoms with Gasteiger partial charge in [0.25, 0.3) is 0 Å². The zero-order chi connectivity index (χ0) is 19.1. The molecule has 0 bridgehead atoms. The fraction of sp³-hybridized carbons (Fsp3) is 0.143. The number of fused-ring (bicyclic) bond motifs is 10. The van der Waals surface area contributed by atoms with Crippen molar-refractivity contribution in [2.45, 2.75) is 19.3 Å². The highest BCUT2D eigenvalue weighted by molar-refractivity contribution is 5.88. The molecule has 4 aromatic rings. The Morgan fingerprint density at radius 1 is 0.483 bits per heavy atom. The average molecular weight is 371 g/mol. The molecule has 138 valence electrons. The minimum absolute atomic E-state index is 1.04. The van der Waals surface area contributed by atoms with Crippen LogP contribution in [0.2, 0.25) is 0 Å². The number of nitrogens with zero attached hydrogens (tertiary/aromatic N) is 1. The van der Waals surface area contributed by atoms with E-state index in [4.69, 9.17) is 0 Å². The Balaban J connectivity index is 1.43. The predicted molar refractivity (Wildman–Crippen MR) is 120 cm³/mol. The first kappa shape index (κ1) is 15.6. The van der Waals surface area contributed by atoms with E-state index in [9.17, 15) is 0 Å². The molecule has 1 aliphatic heterocycles. The van der Waals surface area contributed by atoms with Crippen molar-refractivity contribution in [2.75, 3.05) is 11.9 Å². The molecule has 0 amide bonds. The van der Waals surface area contributed by atoms with Crippen LogP contribution in [0, 0.1) is 0 Å². The van der Waals surface area contributed by atoms with Crippen molar-refractivity contribution in [1.82, 2.24) is 0 Å². The van der Waals surface area contributed by atoms with Crippen LogP contribution in [0.1, 0.15) is 33.4 Å². The van der Waals surface area contributed by atoms with Gasteiger partial charge in [0.15, 0.2) is 0 Å². The summed E-state index contributed by atoms with van der Waals surface area (Å²) in [6, 6.07) is 27.2. The normalized spacial score (nSPS) is 14.6. The number of anilines is 2. The lowest BCUT2D eigenvalue weighted by Crippen LogP contribution is -2.21. The van der Waals surface area contributed by atoms with Crippen LogP contribution in [0.5, 0.6) is 0 Å². The van der Waals surface area contributed by atoms with E-state index in [2.05, 4.69) is 84.7 Å². The monoisotopic (exact) mass is 371 g/mol. The van der Waals surface area contributed by atoms with Crippen LogP contribution in [0.25, 0.3) is 22.3 Å². The van der Waals surface area contributed by atoms with E-state index in [-0.39, 0.29) is 0 Å². The second-order valence-electron chi connectivity index (χ2n) is 8.58.